The molecule has 0 aliphatic heterocycles. The Morgan fingerprint density at radius 1 is 1.23 bits per heavy atom. The molecule has 2 saturated carbocycles. The van der Waals surface area contributed by atoms with Gasteiger partial charge in [-0.3, -0.25) is 4.99 Å². The van der Waals surface area contributed by atoms with Gasteiger partial charge < -0.3 is 20.5 Å². The molecule has 0 aromatic heterocycles. The summed E-state index contributed by atoms with van der Waals surface area (Å²) in [6, 6.07) is 0.479. The molecule has 26 heavy (non-hydrogen) atoms. The van der Waals surface area contributed by atoms with Gasteiger partial charge in [0.1, 0.15) is 0 Å². The first-order valence-corrected chi connectivity index (χ1v) is 10.5. The van der Waals surface area contributed by atoms with E-state index in [9.17, 15) is 5.11 Å². The van der Waals surface area contributed by atoms with E-state index in [2.05, 4.69) is 31.4 Å². The Balaban J connectivity index is 0.00000338. The molecule has 0 aromatic carbocycles. The molecular weight excluding hydrogens is 441 g/mol. The lowest BCUT2D eigenvalue weighted by molar-refractivity contribution is -0.125. The van der Waals surface area contributed by atoms with Crippen molar-refractivity contribution in [3.8, 4) is 0 Å². The van der Waals surface area contributed by atoms with E-state index in [1.165, 1.54) is 25.7 Å². The van der Waals surface area contributed by atoms with Crippen molar-refractivity contribution in [3.05, 3.63) is 0 Å². The van der Waals surface area contributed by atoms with Crippen LogP contribution in [0.15, 0.2) is 4.99 Å². The quantitative estimate of drug-likeness (QED) is 0.253. The molecule has 5 nitrogen and oxygen atoms in total. The molecule has 0 saturated heterocycles. The van der Waals surface area contributed by atoms with E-state index in [1.807, 2.05) is 0 Å². The van der Waals surface area contributed by atoms with Gasteiger partial charge in [0.05, 0.1) is 6.10 Å². The Hall–Kier alpha value is -0.0800. The van der Waals surface area contributed by atoms with Crippen molar-refractivity contribution in [1.82, 2.24) is 10.6 Å². The van der Waals surface area contributed by atoms with Crippen LogP contribution in [0, 0.1) is 11.3 Å². The van der Waals surface area contributed by atoms with Crippen molar-refractivity contribution >= 4 is 29.9 Å². The maximum Gasteiger partial charge on any atom is 0.191 e. The summed E-state index contributed by atoms with van der Waals surface area (Å²) in [5, 5.41) is 16.4. The molecule has 0 radical (unpaired) electrons. The highest BCUT2D eigenvalue weighted by Gasteiger charge is 2.56. The number of hydrogen-bond donors (Lipinski definition) is 3. The molecule has 2 rings (SSSR count). The standard InChI is InChI=1S/C20H39N3O2.HI/c1-4-9-16(10-13-24)15-22-19(21-5-2)23-17-14-18(25-6-3)20(17)11-7-8-12-20;/h16-18,24H,4-15H2,1-3H3,(H2,21,22,23);1H. The Bertz CT molecular complexity index is 408. The summed E-state index contributed by atoms with van der Waals surface area (Å²) < 4.78 is 6.02. The van der Waals surface area contributed by atoms with Crippen LogP contribution in [0.25, 0.3) is 0 Å². The van der Waals surface area contributed by atoms with E-state index >= 15 is 0 Å². The average Bonchev–Trinajstić information content (AvgIpc) is 3.12. The van der Waals surface area contributed by atoms with Gasteiger partial charge in [-0.1, -0.05) is 26.2 Å². The number of guanidine groups is 1. The van der Waals surface area contributed by atoms with Gasteiger partial charge in [-0.05, 0) is 51.9 Å². The highest BCUT2D eigenvalue weighted by Crippen LogP contribution is 2.54. The number of aliphatic imine (C=N–C) groups is 1. The molecule has 6 heteroatoms. The van der Waals surface area contributed by atoms with Gasteiger partial charge in [0.15, 0.2) is 5.96 Å². The minimum atomic E-state index is 0. The van der Waals surface area contributed by atoms with Crippen LogP contribution in [-0.4, -0.2) is 49.5 Å². The Labute approximate surface area is 177 Å². The van der Waals surface area contributed by atoms with Crippen LogP contribution in [0.1, 0.15) is 72.1 Å². The Morgan fingerprint density at radius 3 is 2.54 bits per heavy atom. The molecule has 2 aliphatic carbocycles. The number of aliphatic hydroxyl groups excluding tert-OH is 1. The van der Waals surface area contributed by atoms with E-state index in [0.717, 1.165) is 51.3 Å². The Morgan fingerprint density at radius 2 is 1.96 bits per heavy atom. The van der Waals surface area contributed by atoms with Gasteiger partial charge in [0, 0.05) is 37.8 Å². The number of ether oxygens (including phenoxy) is 1. The number of hydrogen-bond acceptors (Lipinski definition) is 3. The highest BCUT2D eigenvalue weighted by atomic mass is 127. The topological polar surface area (TPSA) is 65.9 Å². The second-order valence-corrected chi connectivity index (χ2v) is 7.70. The number of nitrogens with zero attached hydrogens (tertiary/aromatic N) is 1. The number of rotatable bonds is 10. The van der Waals surface area contributed by atoms with Crippen LogP contribution in [0.4, 0.5) is 0 Å². The van der Waals surface area contributed by atoms with Crippen molar-refractivity contribution in [3.63, 3.8) is 0 Å². The highest BCUT2D eigenvalue weighted by molar-refractivity contribution is 14.0. The summed E-state index contributed by atoms with van der Waals surface area (Å²) in [6.07, 6.45) is 9.83. The predicted molar refractivity (Wildman–Crippen MR) is 119 cm³/mol. The number of nitrogens with one attached hydrogen (secondary N) is 2. The first-order valence-electron chi connectivity index (χ1n) is 10.5. The third-order valence-corrected chi connectivity index (χ3v) is 6.08. The average molecular weight is 481 g/mol. The molecule has 0 heterocycles. The van der Waals surface area contributed by atoms with Crippen LogP contribution in [0.3, 0.4) is 0 Å². The minimum absolute atomic E-state index is 0. The summed E-state index contributed by atoms with van der Waals surface area (Å²) in [4.78, 5) is 4.84. The van der Waals surface area contributed by atoms with E-state index in [1.54, 1.807) is 0 Å². The van der Waals surface area contributed by atoms with Crippen LogP contribution in [0.2, 0.25) is 0 Å². The van der Waals surface area contributed by atoms with Gasteiger partial charge in [-0.15, -0.1) is 24.0 Å². The second-order valence-electron chi connectivity index (χ2n) is 7.70. The normalized spacial score (nSPS) is 25.5. The maximum atomic E-state index is 9.25. The molecule has 154 valence electrons. The molecule has 0 bridgehead atoms. The number of aliphatic hydroxyl groups is 1. The van der Waals surface area contributed by atoms with Gasteiger partial charge in [0.25, 0.3) is 0 Å². The molecule has 2 aliphatic rings. The number of halogens is 1. The van der Waals surface area contributed by atoms with Crippen molar-refractivity contribution in [2.24, 2.45) is 16.3 Å². The van der Waals surface area contributed by atoms with E-state index in [-0.39, 0.29) is 30.6 Å². The van der Waals surface area contributed by atoms with Gasteiger partial charge in [0.2, 0.25) is 0 Å². The second kappa shape index (κ2) is 12.4. The van der Waals surface area contributed by atoms with Crippen LogP contribution in [0.5, 0.6) is 0 Å². The predicted octanol–water partition coefficient (Wildman–Crippen LogP) is 3.70. The van der Waals surface area contributed by atoms with Crippen molar-refractivity contribution < 1.29 is 9.84 Å². The van der Waals surface area contributed by atoms with Gasteiger partial charge >= 0.3 is 0 Å². The van der Waals surface area contributed by atoms with Crippen molar-refractivity contribution in [2.45, 2.75) is 84.3 Å². The zero-order chi connectivity index (χ0) is 18.1. The van der Waals surface area contributed by atoms with Crippen LogP contribution in [-0.2, 0) is 4.74 Å². The molecule has 0 aromatic rings. The lowest BCUT2D eigenvalue weighted by Gasteiger charge is -2.54. The fraction of sp³-hybridized carbons (Fsp3) is 0.950. The zero-order valence-electron chi connectivity index (χ0n) is 16.9. The molecule has 2 fully saturated rings. The first kappa shape index (κ1) is 24.0. The minimum Gasteiger partial charge on any atom is -0.396 e. The van der Waals surface area contributed by atoms with E-state index in [0.29, 0.717) is 23.5 Å². The summed E-state index contributed by atoms with van der Waals surface area (Å²) in [6.45, 7) is 9.15. The van der Waals surface area contributed by atoms with E-state index < -0.39 is 0 Å². The van der Waals surface area contributed by atoms with Crippen molar-refractivity contribution in [2.75, 3.05) is 26.3 Å². The summed E-state index contributed by atoms with van der Waals surface area (Å²) in [5.74, 6) is 1.41. The lowest BCUT2D eigenvalue weighted by atomic mass is 9.60. The molecule has 1 spiro atoms. The van der Waals surface area contributed by atoms with Gasteiger partial charge in [-0.25, -0.2) is 0 Å². The summed E-state index contributed by atoms with van der Waals surface area (Å²) >= 11 is 0. The monoisotopic (exact) mass is 481 g/mol. The summed E-state index contributed by atoms with van der Waals surface area (Å²) in [7, 11) is 0. The zero-order valence-corrected chi connectivity index (χ0v) is 19.3. The Kier molecular flexibility index (Phi) is 11.4. The maximum absolute atomic E-state index is 9.25. The third kappa shape index (κ3) is 5.96. The van der Waals surface area contributed by atoms with Crippen LogP contribution < -0.4 is 10.6 Å². The molecule has 3 atom stereocenters. The van der Waals surface area contributed by atoms with Crippen LogP contribution >= 0.6 is 24.0 Å². The lowest BCUT2D eigenvalue weighted by Crippen LogP contribution is -2.65. The van der Waals surface area contributed by atoms with E-state index in [4.69, 9.17) is 9.73 Å². The molecule has 3 unspecified atom stereocenters. The first-order chi connectivity index (χ1) is 12.2. The summed E-state index contributed by atoms with van der Waals surface area (Å²) in [5.41, 5.74) is 0.320. The smallest absolute Gasteiger partial charge is 0.191 e. The third-order valence-electron chi connectivity index (χ3n) is 6.08. The molecule has 0 amide bonds. The SMILES string of the molecule is CCCC(CCO)CN=C(NCC)NC1CC(OCC)C12CCCC2.I. The fourth-order valence-electron chi connectivity index (χ4n) is 4.71. The van der Waals surface area contributed by atoms with Gasteiger partial charge in [-0.2, -0.15) is 0 Å². The van der Waals surface area contributed by atoms with Crippen molar-refractivity contribution in [1.29, 1.82) is 0 Å². The molecule has 3 N–H and O–H groups in total. The molecular formula is C20H40IN3O2. The largest absolute Gasteiger partial charge is 0.396 e. The fourth-order valence-corrected chi connectivity index (χ4v) is 4.71.